The minimum Gasteiger partial charge on any atom is -0.359 e. The van der Waals surface area contributed by atoms with E-state index in [1.807, 2.05) is 30.3 Å². The summed E-state index contributed by atoms with van der Waals surface area (Å²) in [4.78, 5) is 26.1. The number of hydrogen-bond donors (Lipinski definition) is 1. The molecule has 2 aromatic carbocycles. The van der Waals surface area contributed by atoms with Crippen molar-refractivity contribution in [1.82, 2.24) is 15.4 Å². The fraction of sp³-hybridized carbons (Fsp3) is 0.150. The summed E-state index contributed by atoms with van der Waals surface area (Å²) in [6.45, 7) is 1.15. The molecule has 0 bridgehead atoms. The third-order valence-electron chi connectivity index (χ3n) is 4.68. The lowest BCUT2D eigenvalue weighted by atomic mass is 9.91. The molecule has 1 aliphatic rings. The van der Waals surface area contributed by atoms with Crippen LogP contribution < -0.4 is 5.32 Å². The van der Waals surface area contributed by atoms with Crippen LogP contribution in [0.2, 0.25) is 0 Å². The van der Waals surface area contributed by atoms with Gasteiger partial charge in [0.2, 0.25) is 0 Å². The van der Waals surface area contributed by atoms with Crippen molar-refractivity contribution in [2.75, 3.05) is 0 Å². The summed E-state index contributed by atoms with van der Waals surface area (Å²) in [6.07, 6.45) is 0. The van der Waals surface area contributed by atoms with Crippen molar-refractivity contribution in [2.45, 2.75) is 19.0 Å². The van der Waals surface area contributed by atoms with E-state index in [1.165, 1.54) is 6.92 Å². The second-order valence-electron chi connectivity index (χ2n) is 6.62. The van der Waals surface area contributed by atoms with Gasteiger partial charge in [0.15, 0.2) is 5.76 Å². The van der Waals surface area contributed by atoms with Crippen LogP contribution in [0.15, 0.2) is 59.1 Å². The number of urea groups is 1. The zero-order chi connectivity index (χ0) is 19.9. The fourth-order valence-electron chi connectivity index (χ4n) is 3.19. The highest BCUT2D eigenvalue weighted by Gasteiger charge is 2.50. The van der Waals surface area contributed by atoms with Gasteiger partial charge < -0.3 is 9.84 Å². The number of benzene rings is 2. The molecule has 28 heavy (non-hydrogen) atoms. The molecule has 0 spiro atoms. The van der Waals surface area contributed by atoms with Gasteiger partial charge in [-0.1, -0.05) is 35.5 Å². The molecule has 3 amide bonds. The molecule has 142 valence electrons. The van der Waals surface area contributed by atoms with Crippen LogP contribution in [0.3, 0.4) is 0 Å². The SMILES string of the molecule is CC1(c2cc(F)ccc2F)NC(=O)N(Cc2cc(-c3ccccc3)no2)C1=O. The first kappa shape index (κ1) is 17.8. The minimum atomic E-state index is -1.72. The summed E-state index contributed by atoms with van der Waals surface area (Å²) in [7, 11) is 0. The second-order valence-corrected chi connectivity index (χ2v) is 6.62. The van der Waals surface area contributed by atoms with E-state index in [1.54, 1.807) is 6.07 Å². The first-order valence-corrected chi connectivity index (χ1v) is 8.49. The Hall–Kier alpha value is -3.55. The summed E-state index contributed by atoms with van der Waals surface area (Å²) in [6, 6.07) is 12.9. The van der Waals surface area contributed by atoms with Crippen LogP contribution in [0.1, 0.15) is 18.2 Å². The number of halogens is 2. The van der Waals surface area contributed by atoms with Crippen LogP contribution in [0.5, 0.6) is 0 Å². The Kier molecular flexibility index (Phi) is 4.18. The average Bonchev–Trinajstić information content (AvgIpc) is 3.24. The van der Waals surface area contributed by atoms with Crippen molar-refractivity contribution in [2.24, 2.45) is 0 Å². The van der Waals surface area contributed by atoms with Gasteiger partial charge in [-0.05, 0) is 25.1 Å². The molecular weight excluding hydrogens is 368 g/mol. The molecule has 1 unspecified atom stereocenters. The molecule has 2 heterocycles. The van der Waals surface area contributed by atoms with E-state index >= 15 is 0 Å². The summed E-state index contributed by atoms with van der Waals surface area (Å²) in [5, 5.41) is 6.39. The monoisotopic (exact) mass is 383 g/mol. The molecule has 0 aliphatic carbocycles. The predicted octanol–water partition coefficient (Wildman–Crippen LogP) is 3.59. The van der Waals surface area contributed by atoms with Crippen molar-refractivity contribution in [3.63, 3.8) is 0 Å². The maximum absolute atomic E-state index is 14.2. The molecule has 0 radical (unpaired) electrons. The number of imide groups is 1. The third-order valence-corrected chi connectivity index (χ3v) is 4.68. The number of nitrogens with zero attached hydrogens (tertiary/aromatic N) is 2. The Morgan fingerprint density at radius 1 is 1.11 bits per heavy atom. The number of carbonyl (C=O) groups excluding carboxylic acids is 2. The molecule has 8 heteroatoms. The highest BCUT2D eigenvalue weighted by atomic mass is 19.1. The molecule has 6 nitrogen and oxygen atoms in total. The Labute approximate surface area is 158 Å². The van der Waals surface area contributed by atoms with E-state index in [9.17, 15) is 18.4 Å². The number of hydrogen-bond acceptors (Lipinski definition) is 4. The van der Waals surface area contributed by atoms with Crippen LogP contribution in [0.4, 0.5) is 13.6 Å². The molecule has 1 atom stereocenters. The molecule has 3 aromatic rings. The van der Waals surface area contributed by atoms with Crippen molar-refractivity contribution < 1.29 is 22.9 Å². The summed E-state index contributed by atoms with van der Waals surface area (Å²) in [5.74, 6) is -1.92. The number of nitrogens with one attached hydrogen (secondary N) is 1. The van der Waals surface area contributed by atoms with Crippen molar-refractivity contribution in [3.8, 4) is 11.3 Å². The molecular formula is C20H15F2N3O3. The van der Waals surface area contributed by atoms with Gasteiger partial charge in [0.1, 0.15) is 22.9 Å². The topological polar surface area (TPSA) is 75.4 Å². The number of aromatic nitrogens is 1. The van der Waals surface area contributed by atoms with Crippen molar-refractivity contribution >= 4 is 11.9 Å². The Morgan fingerprint density at radius 2 is 1.86 bits per heavy atom. The van der Waals surface area contributed by atoms with E-state index in [4.69, 9.17) is 4.52 Å². The van der Waals surface area contributed by atoms with E-state index < -0.39 is 29.1 Å². The van der Waals surface area contributed by atoms with E-state index in [0.29, 0.717) is 5.69 Å². The smallest absolute Gasteiger partial charge is 0.325 e. The Morgan fingerprint density at radius 3 is 2.61 bits per heavy atom. The lowest BCUT2D eigenvalue weighted by molar-refractivity contribution is -0.131. The maximum Gasteiger partial charge on any atom is 0.325 e. The molecule has 1 aromatic heterocycles. The number of amides is 3. The number of rotatable bonds is 4. The van der Waals surface area contributed by atoms with Gasteiger partial charge in [-0.15, -0.1) is 0 Å². The molecule has 1 N–H and O–H groups in total. The lowest BCUT2D eigenvalue weighted by Crippen LogP contribution is -2.41. The second kappa shape index (κ2) is 6.56. The van der Waals surface area contributed by atoms with Crippen molar-refractivity contribution in [3.05, 3.63) is 77.6 Å². The van der Waals surface area contributed by atoms with Gasteiger partial charge in [-0.2, -0.15) is 0 Å². The van der Waals surface area contributed by atoms with Gasteiger partial charge in [0.25, 0.3) is 5.91 Å². The van der Waals surface area contributed by atoms with Crippen LogP contribution >= 0.6 is 0 Å². The Bertz CT molecular complexity index is 1070. The highest BCUT2D eigenvalue weighted by molar-refractivity contribution is 6.07. The van der Waals surface area contributed by atoms with Crippen LogP contribution in [0, 0.1) is 11.6 Å². The van der Waals surface area contributed by atoms with E-state index in [0.717, 1.165) is 28.7 Å². The zero-order valence-corrected chi connectivity index (χ0v) is 14.8. The fourth-order valence-corrected chi connectivity index (χ4v) is 3.19. The average molecular weight is 383 g/mol. The molecule has 0 saturated carbocycles. The first-order valence-electron chi connectivity index (χ1n) is 8.49. The van der Waals surface area contributed by atoms with Gasteiger partial charge in [-0.25, -0.2) is 13.6 Å². The molecule has 1 fully saturated rings. The summed E-state index contributed by atoms with van der Waals surface area (Å²) in [5.41, 5.74) is -0.579. The van der Waals surface area contributed by atoms with Gasteiger partial charge in [0, 0.05) is 17.2 Å². The minimum absolute atomic E-state index is 0.184. The summed E-state index contributed by atoms with van der Waals surface area (Å²) < 4.78 is 33.0. The molecule has 1 saturated heterocycles. The standard InChI is InChI=1S/C20H15F2N3O3/c1-20(15-9-13(21)7-8-16(15)22)18(26)25(19(27)23-20)11-14-10-17(24-28-14)12-5-3-2-4-6-12/h2-10H,11H2,1H3,(H,23,27). The molecule has 4 rings (SSSR count). The normalized spacial score (nSPS) is 19.2. The first-order chi connectivity index (χ1) is 13.4. The predicted molar refractivity (Wildman–Crippen MR) is 94.7 cm³/mol. The van der Waals surface area contributed by atoms with E-state index in [-0.39, 0.29) is 17.9 Å². The van der Waals surface area contributed by atoms with E-state index in [2.05, 4.69) is 10.5 Å². The third kappa shape index (κ3) is 2.92. The molecule has 1 aliphatic heterocycles. The highest BCUT2D eigenvalue weighted by Crippen LogP contribution is 2.32. The van der Waals surface area contributed by atoms with Gasteiger partial charge in [0.05, 0.1) is 6.54 Å². The van der Waals surface area contributed by atoms with Crippen LogP contribution in [0.25, 0.3) is 11.3 Å². The van der Waals surface area contributed by atoms with Crippen LogP contribution in [-0.4, -0.2) is 22.0 Å². The zero-order valence-electron chi connectivity index (χ0n) is 14.8. The number of carbonyl (C=O) groups is 2. The Balaban J connectivity index is 1.60. The van der Waals surface area contributed by atoms with Crippen LogP contribution in [-0.2, 0) is 16.9 Å². The van der Waals surface area contributed by atoms with Crippen molar-refractivity contribution in [1.29, 1.82) is 0 Å². The quantitative estimate of drug-likeness (QED) is 0.699. The maximum atomic E-state index is 14.2. The summed E-state index contributed by atoms with van der Waals surface area (Å²) >= 11 is 0. The lowest BCUT2D eigenvalue weighted by Gasteiger charge is -2.22. The van der Waals surface area contributed by atoms with Gasteiger partial charge in [-0.3, -0.25) is 9.69 Å². The van der Waals surface area contributed by atoms with Gasteiger partial charge >= 0.3 is 6.03 Å². The largest absolute Gasteiger partial charge is 0.359 e.